The average Bonchev–Trinajstić information content (AvgIpc) is 3.49. The fourth-order valence-electron chi connectivity index (χ4n) is 3.31. The molecule has 1 amide bonds. The summed E-state index contributed by atoms with van der Waals surface area (Å²) in [4.78, 5) is 14.5. The Hall–Kier alpha value is -2.63. The molecule has 0 atom stereocenters. The number of methoxy groups -OCH3 is 1. The van der Waals surface area contributed by atoms with Crippen molar-refractivity contribution in [2.24, 2.45) is 0 Å². The minimum absolute atomic E-state index is 0.0328. The normalized spacial score (nSPS) is 13.8. The van der Waals surface area contributed by atoms with Crippen LogP contribution in [0.4, 0.5) is 5.13 Å². The molecular weight excluding hydrogens is 468 g/mol. The van der Waals surface area contributed by atoms with Crippen LogP contribution in [0.5, 0.6) is 5.75 Å². The summed E-state index contributed by atoms with van der Waals surface area (Å²) in [5.41, 5.74) is 1.37. The maximum atomic E-state index is 12.9. The number of rotatable bonds is 8. The zero-order valence-electron chi connectivity index (χ0n) is 17.4. The molecular formula is C21H22N4O4S3. The Balaban J connectivity index is 1.49. The number of amides is 1. The molecule has 0 bridgehead atoms. The highest BCUT2D eigenvalue weighted by Crippen LogP contribution is 2.30. The number of aromatic nitrogens is 2. The van der Waals surface area contributed by atoms with E-state index in [0.717, 1.165) is 29.7 Å². The predicted octanol–water partition coefficient (Wildman–Crippen LogP) is 3.88. The number of carbonyl (C=O) groups is 1. The molecule has 1 aliphatic heterocycles. The van der Waals surface area contributed by atoms with Gasteiger partial charge in [-0.05, 0) is 36.6 Å². The number of carbonyl (C=O) groups excluding carboxylic acids is 1. The molecule has 32 heavy (non-hydrogen) atoms. The third kappa shape index (κ3) is 5.22. The van der Waals surface area contributed by atoms with Crippen LogP contribution in [-0.4, -0.2) is 49.6 Å². The van der Waals surface area contributed by atoms with Crippen LogP contribution in [0.3, 0.4) is 0 Å². The van der Waals surface area contributed by atoms with Gasteiger partial charge in [-0.3, -0.25) is 9.52 Å². The van der Waals surface area contributed by atoms with Crippen molar-refractivity contribution in [1.82, 2.24) is 15.1 Å². The first kappa shape index (κ1) is 22.6. The second-order valence-electron chi connectivity index (χ2n) is 7.11. The Labute approximate surface area is 195 Å². The quantitative estimate of drug-likeness (QED) is 0.478. The molecule has 2 aromatic carbocycles. The summed E-state index contributed by atoms with van der Waals surface area (Å²) in [5.74, 6) is 0.825. The van der Waals surface area contributed by atoms with Crippen LogP contribution in [0.2, 0.25) is 0 Å². The second kappa shape index (κ2) is 9.88. The van der Waals surface area contributed by atoms with Crippen LogP contribution in [0.1, 0.15) is 28.8 Å². The highest BCUT2D eigenvalue weighted by Gasteiger charge is 2.25. The number of likely N-dealkylation sites (tertiary alicyclic amines) is 1. The summed E-state index contributed by atoms with van der Waals surface area (Å²) in [5, 5.41) is 8.18. The van der Waals surface area contributed by atoms with E-state index in [4.69, 9.17) is 4.74 Å². The molecule has 8 nitrogen and oxygen atoms in total. The fourth-order valence-corrected chi connectivity index (χ4v) is 6.28. The zero-order valence-corrected chi connectivity index (χ0v) is 19.8. The molecule has 168 valence electrons. The maximum absolute atomic E-state index is 12.9. The summed E-state index contributed by atoms with van der Waals surface area (Å²) in [6, 6.07) is 14.2. The van der Waals surface area contributed by atoms with Gasteiger partial charge in [-0.2, -0.15) is 0 Å². The third-order valence-electron chi connectivity index (χ3n) is 4.94. The molecule has 1 aliphatic rings. The van der Waals surface area contributed by atoms with E-state index in [0.29, 0.717) is 28.9 Å². The Morgan fingerprint density at radius 2 is 1.91 bits per heavy atom. The molecule has 0 aliphatic carbocycles. The van der Waals surface area contributed by atoms with Crippen LogP contribution in [-0.2, 0) is 15.8 Å². The number of hydrogen-bond donors (Lipinski definition) is 1. The largest absolute Gasteiger partial charge is 0.496 e. The highest BCUT2D eigenvalue weighted by molar-refractivity contribution is 8.00. The summed E-state index contributed by atoms with van der Waals surface area (Å²) in [6.07, 6.45) is 1.88. The molecule has 0 radical (unpaired) electrons. The van der Waals surface area contributed by atoms with Crippen LogP contribution in [0, 0.1) is 0 Å². The summed E-state index contributed by atoms with van der Waals surface area (Å²) < 4.78 is 34.3. The lowest BCUT2D eigenvalue weighted by Crippen LogP contribution is -2.28. The van der Waals surface area contributed by atoms with Gasteiger partial charge in [-0.1, -0.05) is 53.4 Å². The molecule has 3 aromatic rings. The third-order valence-corrected chi connectivity index (χ3v) is 8.45. The highest BCUT2D eigenvalue weighted by atomic mass is 32.2. The van der Waals surface area contributed by atoms with E-state index in [9.17, 15) is 13.2 Å². The van der Waals surface area contributed by atoms with E-state index in [1.165, 1.54) is 37.1 Å². The minimum Gasteiger partial charge on any atom is -0.496 e. The van der Waals surface area contributed by atoms with Gasteiger partial charge in [-0.25, -0.2) is 8.42 Å². The van der Waals surface area contributed by atoms with E-state index < -0.39 is 10.0 Å². The van der Waals surface area contributed by atoms with E-state index in [1.54, 1.807) is 4.90 Å². The number of hydrogen-bond acceptors (Lipinski definition) is 8. The number of thioether (sulfide) groups is 1. The van der Waals surface area contributed by atoms with Gasteiger partial charge in [0.15, 0.2) is 4.34 Å². The Kier molecular flexibility index (Phi) is 6.97. The average molecular weight is 491 g/mol. The predicted molar refractivity (Wildman–Crippen MR) is 125 cm³/mol. The molecule has 1 N–H and O–H groups in total. The summed E-state index contributed by atoms with van der Waals surface area (Å²) in [6.45, 7) is 1.32. The monoisotopic (exact) mass is 490 g/mol. The molecule has 11 heteroatoms. The number of sulfonamides is 1. The smallest absolute Gasteiger partial charge is 0.263 e. The molecule has 1 aromatic heterocycles. The van der Waals surface area contributed by atoms with Gasteiger partial charge >= 0.3 is 0 Å². The van der Waals surface area contributed by atoms with E-state index in [1.807, 2.05) is 30.3 Å². The molecule has 1 fully saturated rings. The number of nitrogens with zero attached hydrogens (tertiary/aromatic N) is 3. The van der Waals surface area contributed by atoms with Crippen LogP contribution in [0.15, 0.2) is 57.8 Å². The van der Waals surface area contributed by atoms with Crippen molar-refractivity contribution in [3.8, 4) is 5.75 Å². The zero-order chi connectivity index (χ0) is 22.6. The van der Waals surface area contributed by atoms with Gasteiger partial charge in [0.05, 0.1) is 17.6 Å². The van der Waals surface area contributed by atoms with Gasteiger partial charge < -0.3 is 9.64 Å². The van der Waals surface area contributed by atoms with Gasteiger partial charge in [0.25, 0.3) is 15.9 Å². The van der Waals surface area contributed by atoms with Crippen molar-refractivity contribution >= 4 is 44.2 Å². The Morgan fingerprint density at radius 3 is 2.62 bits per heavy atom. The molecule has 4 rings (SSSR count). The fraction of sp³-hybridized carbons (Fsp3) is 0.286. The van der Waals surface area contributed by atoms with E-state index >= 15 is 0 Å². The first-order valence-electron chi connectivity index (χ1n) is 9.96. The van der Waals surface area contributed by atoms with Gasteiger partial charge in [0, 0.05) is 18.8 Å². The van der Waals surface area contributed by atoms with Crippen molar-refractivity contribution in [1.29, 1.82) is 0 Å². The number of ether oxygens (including phenoxy) is 1. The van der Waals surface area contributed by atoms with Gasteiger partial charge in [0.2, 0.25) is 5.13 Å². The van der Waals surface area contributed by atoms with Crippen LogP contribution < -0.4 is 9.46 Å². The van der Waals surface area contributed by atoms with Gasteiger partial charge in [-0.15, -0.1) is 10.2 Å². The van der Waals surface area contributed by atoms with Crippen molar-refractivity contribution in [2.75, 3.05) is 24.9 Å². The number of benzene rings is 2. The topological polar surface area (TPSA) is 101 Å². The van der Waals surface area contributed by atoms with E-state index in [2.05, 4.69) is 14.9 Å². The first-order valence-corrected chi connectivity index (χ1v) is 13.2. The van der Waals surface area contributed by atoms with Crippen molar-refractivity contribution < 1.29 is 17.9 Å². The molecule has 0 unspecified atom stereocenters. The summed E-state index contributed by atoms with van der Waals surface area (Å²) >= 11 is 2.65. The molecule has 0 saturated carbocycles. The second-order valence-corrected chi connectivity index (χ2v) is 11.0. The number of anilines is 1. The lowest BCUT2D eigenvalue weighted by atomic mass is 10.1. The maximum Gasteiger partial charge on any atom is 0.263 e. The molecule has 1 saturated heterocycles. The van der Waals surface area contributed by atoms with Crippen molar-refractivity contribution in [3.63, 3.8) is 0 Å². The van der Waals surface area contributed by atoms with Crippen molar-refractivity contribution in [2.45, 2.75) is 27.8 Å². The molecule has 0 spiro atoms. The lowest BCUT2D eigenvalue weighted by molar-refractivity contribution is 0.0789. The molecule has 2 heterocycles. The van der Waals surface area contributed by atoms with Crippen LogP contribution >= 0.6 is 23.1 Å². The SMILES string of the molecule is COc1ccc(S(=O)(=O)Nc2nnc(SCc3ccccc3)s2)cc1C(=O)N1CCCC1. The summed E-state index contributed by atoms with van der Waals surface area (Å²) in [7, 11) is -2.49. The lowest BCUT2D eigenvalue weighted by Gasteiger charge is -2.18. The first-order chi connectivity index (χ1) is 15.5. The van der Waals surface area contributed by atoms with Crippen LogP contribution in [0.25, 0.3) is 0 Å². The van der Waals surface area contributed by atoms with E-state index in [-0.39, 0.29) is 21.5 Å². The minimum atomic E-state index is -3.95. The number of nitrogens with one attached hydrogen (secondary N) is 1. The Bertz CT molecular complexity index is 1190. The van der Waals surface area contributed by atoms with Crippen molar-refractivity contribution in [3.05, 3.63) is 59.7 Å². The van der Waals surface area contributed by atoms with Gasteiger partial charge in [0.1, 0.15) is 5.75 Å². The standard InChI is InChI=1S/C21H22N4O4S3/c1-29-18-10-9-16(13-17(18)19(26)25-11-5-6-12-25)32(27,28)24-20-22-23-21(31-20)30-14-15-7-3-2-4-8-15/h2-4,7-10,13H,5-6,11-12,14H2,1H3,(H,22,24). The Morgan fingerprint density at radius 1 is 1.16 bits per heavy atom.